The smallest absolute Gasteiger partial charge is 0.227 e. The number of hydrogen-bond donors (Lipinski definition) is 1. The lowest BCUT2D eigenvalue weighted by atomic mass is 9.67. The van der Waals surface area contributed by atoms with E-state index in [1.54, 1.807) is 19.1 Å². The molecule has 158 valence electrons. The van der Waals surface area contributed by atoms with Crippen molar-refractivity contribution in [3.8, 4) is 11.5 Å². The van der Waals surface area contributed by atoms with E-state index in [0.717, 1.165) is 5.56 Å². The molecular weight excluding hydrogens is 382 g/mol. The number of Topliss-reactive ketones (excluding diaryl/α,β-unsaturated/α-hetero) is 1. The van der Waals surface area contributed by atoms with Crippen molar-refractivity contribution in [1.82, 2.24) is 4.90 Å². The first-order chi connectivity index (χ1) is 14.5. The summed E-state index contributed by atoms with van der Waals surface area (Å²) in [6, 6.07) is 14.8. The van der Waals surface area contributed by atoms with Crippen LogP contribution in [0.5, 0.6) is 11.5 Å². The van der Waals surface area contributed by atoms with E-state index in [2.05, 4.69) is 0 Å². The number of aliphatic hydroxyl groups is 1. The maximum absolute atomic E-state index is 13.1. The first-order valence-electron chi connectivity index (χ1n) is 10.3. The molecule has 1 aliphatic heterocycles. The highest BCUT2D eigenvalue weighted by Crippen LogP contribution is 2.49. The Balaban J connectivity index is 1.60. The van der Waals surface area contributed by atoms with Gasteiger partial charge < -0.3 is 19.5 Å². The summed E-state index contributed by atoms with van der Waals surface area (Å²) in [6.45, 7) is 0.688. The molecule has 4 rings (SSSR count). The number of carbonyl (C=O) groups excluding carboxylic acids is 2. The third-order valence-corrected chi connectivity index (χ3v) is 6.56. The van der Waals surface area contributed by atoms with Gasteiger partial charge in [-0.15, -0.1) is 0 Å². The summed E-state index contributed by atoms with van der Waals surface area (Å²) in [6.07, 6.45) is 0.830. The van der Waals surface area contributed by atoms with E-state index in [9.17, 15) is 14.7 Å². The van der Waals surface area contributed by atoms with Gasteiger partial charge in [0.1, 0.15) is 17.3 Å². The molecule has 1 heterocycles. The number of likely N-dealkylation sites (tertiary alicyclic amines) is 1. The van der Waals surface area contributed by atoms with E-state index >= 15 is 0 Å². The van der Waals surface area contributed by atoms with Crippen LogP contribution in [-0.2, 0) is 21.6 Å². The monoisotopic (exact) mass is 409 g/mol. The van der Waals surface area contributed by atoms with Gasteiger partial charge in [0, 0.05) is 42.5 Å². The van der Waals surface area contributed by atoms with Gasteiger partial charge in [-0.25, -0.2) is 0 Å². The van der Waals surface area contributed by atoms with Crippen molar-refractivity contribution < 1.29 is 24.2 Å². The minimum Gasteiger partial charge on any atom is -0.496 e. The molecule has 6 nitrogen and oxygen atoms in total. The van der Waals surface area contributed by atoms with Gasteiger partial charge in [0.15, 0.2) is 0 Å². The van der Waals surface area contributed by atoms with Crippen LogP contribution in [0.4, 0.5) is 0 Å². The van der Waals surface area contributed by atoms with E-state index in [1.807, 2.05) is 48.5 Å². The van der Waals surface area contributed by atoms with Crippen molar-refractivity contribution in [3.05, 3.63) is 59.7 Å². The normalized spacial score (nSPS) is 25.7. The van der Waals surface area contributed by atoms with E-state index in [1.165, 1.54) is 0 Å². The standard InChI is InChI=1S/C24H27NO5/c1-29-21-9-5-3-7-16(21)13-23(27)25-14-17-19(15-25)24(28,12-11-20(17)26)18-8-4-6-10-22(18)30-2/h3-10,17,19,28H,11-15H2,1-2H3. The molecule has 1 N–H and O–H groups in total. The largest absolute Gasteiger partial charge is 0.496 e. The number of benzene rings is 2. The number of hydrogen-bond acceptors (Lipinski definition) is 5. The molecule has 2 aromatic carbocycles. The summed E-state index contributed by atoms with van der Waals surface area (Å²) in [5, 5.41) is 11.7. The topological polar surface area (TPSA) is 76.1 Å². The van der Waals surface area contributed by atoms with Gasteiger partial charge in [-0.05, 0) is 18.6 Å². The van der Waals surface area contributed by atoms with Crippen LogP contribution in [0.2, 0.25) is 0 Å². The number of methoxy groups -OCH3 is 2. The van der Waals surface area contributed by atoms with Crippen molar-refractivity contribution in [2.24, 2.45) is 11.8 Å². The maximum atomic E-state index is 13.1. The Kier molecular flexibility index (Phi) is 5.52. The number of carbonyl (C=O) groups is 2. The molecular formula is C24H27NO5. The van der Waals surface area contributed by atoms with Crippen LogP contribution in [0.25, 0.3) is 0 Å². The molecule has 6 heteroatoms. The van der Waals surface area contributed by atoms with E-state index in [-0.39, 0.29) is 29.9 Å². The zero-order valence-corrected chi connectivity index (χ0v) is 17.3. The molecule has 0 aromatic heterocycles. The van der Waals surface area contributed by atoms with Gasteiger partial charge in [0.25, 0.3) is 0 Å². The highest BCUT2D eigenvalue weighted by molar-refractivity contribution is 5.86. The molecule has 1 aliphatic carbocycles. The van der Waals surface area contributed by atoms with Crippen LogP contribution in [0.15, 0.2) is 48.5 Å². The van der Waals surface area contributed by atoms with Gasteiger partial charge >= 0.3 is 0 Å². The van der Waals surface area contributed by atoms with Gasteiger partial charge in [-0.1, -0.05) is 36.4 Å². The molecule has 2 aliphatic rings. The predicted octanol–water partition coefficient (Wildman–Crippen LogP) is 2.57. The molecule has 3 atom stereocenters. The maximum Gasteiger partial charge on any atom is 0.227 e. The number of para-hydroxylation sites is 2. The second-order valence-corrected chi connectivity index (χ2v) is 8.09. The lowest BCUT2D eigenvalue weighted by Crippen LogP contribution is -2.46. The van der Waals surface area contributed by atoms with Crippen LogP contribution in [0, 0.1) is 11.8 Å². The summed E-state index contributed by atoms with van der Waals surface area (Å²) in [7, 11) is 3.16. The van der Waals surface area contributed by atoms with Gasteiger partial charge in [0.05, 0.1) is 26.2 Å². The Hall–Kier alpha value is -2.86. The zero-order chi connectivity index (χ0) is 21.3. The summed E-state index contributed by atoms with van der Waals surface area (Å²) >= 11 is 0. The van der Waals surface area contributed by atoms with Gasteiger partial charge in [-0.3, -0.25) is 9.59 Å². The first-order valence-corrected chi connectivity index (χ1v) is 10.3. The second kappa shape index (κ2) is 8.11. The lowest BCUT2D eigenvalue weighted by molar-refractivity contribution is -0.137. The van der Waals surface area contributed by atoms with Crippen molar-refractivity contribution in [1.29, 1.82) is 0 Å². The number of ketones is 1. The SMILES string of the molecule is COc1ccccc1CC(=O)N1CC2C(=O)CCC(O)(c3ccccc3OC)C2C1. The molecule has 1 saturated carbocycles. The lowest BCUT2D eigenvalue weighted by Gasteiger charge is -2.41. The van der Waals surface area contributed by atoms with Gasteiger partial charge in [0.2, 0.25) is 5.91 Å². The molecule has 1 amide bonds. The van der Waals surface area contributed by atoms with Crippen molar-refractivity contribution >= 4 is 11.7 Å². The number of amides is 1. The Bertz CT molecular complexity index is 958. The molecule has 30 heavy (non-hydrogen) atoms. The Morgan fingerprint density at radius 3 is 2.47 bits per heavy atom. The fourth-order valence-corrected chi connectivity index (χ4v) is 4.96. The quantitative estimate of drug-likeness (QED) is 0.822. The highest BCUT2D eigenvalue weighted by atomic mass is 16.5. The molecule has 3 unspecified atom stereocenters. The van der Waals surface area contributed by atoms with Crippen LogP contribution >= 0.6 is 0 Å². The summed E-state index contributed by atoms with van der Waals surface area (Å²) in [5.74, 6) is 0.610. The molecule has 1 saturated heterocycles. The van der Waals surface area contributed by atoms with Crippen molar-refractivity contribution in [3.63, 3.8) is 0 Å². The number of rotatable bonds is 5. The average molecular weight is 409 g/mol. The van der Waals surface area contributed by atoms with E-state index in [4.69, 9.17) is 9.47 Å². The minimum absolute atomic E-state index is 0.0657. The number of fused-ring (bicyclic) bond motifs is 1. The Morgan fingerprint density at radius 1 is 1.07 bits per heavy atom. The van der Waals surface area contributed by atoms with E-state index < -0.39 is 5.60 Å². The van der Waals surface area contributed by atoms with E-state index in [0.29, 0.717) is 43.0 Å². The number of ether oxygens (including phenoxy) is 2. The first kappa shape index (κ1) is 20.4. The Morgan fingerprint density at radius 2 is 1.73 bits per heavy atom. The molecule has 0 bridgehead atoms. The Labute approximate surface area is 176 Å². The van der Waals surface area contributed by atoms with Crippen LogP contribution in [0.1, 0.15) is 24.0 Å². The fourth-order valence-electron chi connectivity index (χ4n) is 4.96. The number of nitrogens with zero attached hydrogens (tertiary/aromatic N) is 1. The highest BCUT2D eigenvalue weighted by Gasteiger charge is 2.54. The van der Waals surface area contributed by atoms with Crippen molar-refractivity contribution in [2.45, 2.75) is 24.9 Å². The fraction of sp³-hybridized carbons (Fsp3) is 0.417. The summed E-state index contributed by atoms with van der Waals surface area (Å²) in [4.78, 5) is 27.4. The molecule has 2 fully saturated rings. The second-order valence-electron chi connectivity index (χ2n) is 8.09. The minimum atomic E-state index is -1.20. The predicted molar refractivity (Wildman–Crippen MR) is 111 cm³/mol. The van der Waals surface area contributed by atoms with Crippen molar-refractivity contribution in [2.75, 3.05) is 27.3 Å². The third-order valence-electron chi connectivity index (χ3n) is 6.56. The molecule has 0 spiro atoms. The van der Waals surface area contributed by atoms with Crippen LogP contribution in [0.3, 0.4) is 0 Å². The summed E-state index contributed by atoms with van der Waals surface area (Å²) < 4.78 is 10.8. The summed E-state index contributed by atoms with van der Waals surface area (Å²) in [5.41, 5.74) is 0.296. The molecule has 0 radical (unpaired) electrons. The third kappa shape index (κ3) is 3.45. The average Bonchev–Trinajstić information content (AvgIpc) is 3.24. The molecule has 2 aromatic rings. The van der Waals surface area contributed by atoms with Crippen LogP contribution in [-0.4, -0.2) is 49.0 Å². The zero-order valence-electron chi connectivity index (χ0n) is 17.3. The van der Waals surface area contributed by atoms with Crippen LogP contribution < -0.4 is 9.47 Å². The van der Waals surface area contributed by atoms with Gasteiger partial charge in [-0.2, -0.15) is 0 Å².